The average molecular weight is 264 g/mol. The van der Waals surface area contributed by atoms with Gasteiger partial charge in [0.25, 0.3) is 0 Å². The van der Waals surface area contributed by atoms with Crippen molar-refractivity contribution in [3.05, 3.63) is 77.4 Å². The van der Waals surface area contributed by atoms with Crippen molar-refractivity contribution in [3.8, 4) is 0 Å². The molecular weight excluding hydrogens is 240 g/mol. The van der Waals surface area contributed by atoms with Crippen molar-refractivity contribution < 1.29 is 0 Å². The van der Waals surface area contributed by atoms with Crippen molar-refractivity contribution in [1.29, 1.82) is 0 Å². The molecule has 0 N–H and O–H groups in total. The summed E-state index contributed by atoms with van der Waals surface area (Å²) in [6.07, 6.45) is 5.69. The van der Waals surface area contributed by atoms with Gasteiger partial charge >= 0.3 is 0 Å². The quantitative estimate of drug-likeness (QED) is 0.619. The predicted octanol–water partition coefficient (Wildman–Crippen LogP) is 6.02. The summed E-state index contributed by atoms with van der Waals surface area (Å²) in [4.78, 5) is 0. The number of hydrogen-bond donors (Lipinski definition) is 0. The van der Waals surface area contributed by atoms with Crippen LogP contribution in [0.3, 0.4) is 0 Å². The van der Waals surface area contributed by atoms with E-state index in [4.69, 9.17) is 0 Å². The molecule has 0 aromatic heterocycles. The zero-order valence-corrected chi connectivity index (χ0v) is 12.7. The first kappa shape index (κ1) is 14.6. The van der Waals surface area contributed by atoms with Crippen LogP contribution < -0.4 is 0 Å². The van der Waals surface area contributed by atoms with Crippen LogP contribution in [0.1, 0.15) is 55.7 Å². The lowest BCUT2D eigenvalue weighted by Gasteiger charge is -2.09. The van der Waals surface area contributed by atoms with Crippen molar-refractivity contribution in [2.45, 2.75) is 39.0 Å². The lowest BCUT2D eigenvalue weighted by Crippen LogP contribution is -1.91. The summed E-state index contributed by atoms with van der Waals surface area (Å²) in [7, 11) is 0. The lowest BCUT2D eigenvalue weighted by atomic mass is 9.96. The Kier molecular flexibility index (Phi) is 5.17. The monoisotopic (exact) mass is 264 g/mol. The highest BCUT2D eigenvalue weighted by atomic mass is 14.1. The molecule has 0 spiro atoms. The van der Waals surface area contributed by atoms with Gasteiger partial charge in [-0.2, -0.15) is 0 Å². The zero-order chi connectivity index (χ0) is 14.4. The van der Waals surface area contributed by atoms with Crippen molar-refractivity contribution in [2.24, 2.45) is 0 Å². The standard InChI is InChI=1S/C20H24/c1-4-16(2)20-14-12-18(13-15-20)11-10-17(3)19-8-6-5-7-9-19/h5-17H,4H2,1-3H3. The summed E-state index contributed by atoms with van der Waals surface area (Å²) in [5.74, 6) is 1.10. The summed E-state index contributed by atoms with van der Waals surface area (Å²) in [6, 6.07) is 19.6. The Balaban J connectivity index is 2.04. The first-order valence-electron chi connectivity index (χ1n) is 7.53. The molecule has 2 unspecified atom stereocenters. The first-order chi connectivity index (χ1) is 9.70. The number of benzene rings is 2. The molecule has 0 heterocycles. The molecule has 104 valence electrons. The zero-order valence-electron chi connectivity index (χ0n) is 12.7. The lowest BCUT2D eigenvalue weighted by molar-refractivity contribution is 0.733. The van der Waals surface area contributed by atoms with Crippen LogP contribution in [-0.4, -0.2) is 0 Å². The van der Waals surface area contributed by atoms with Crippen LogP contribution in [0.2, 0.25) is 0 Å². The molecule has 20 heavy (non-hydrogen) atoms. The molecule has 0 saturated carbocycles. The topological polar surface area (TPSA) is 0 Å². The highest BCUT2D eigenvalue weighted by molar-refractivity contribution is 5.51. The maximum absolute atomic E-state index is 2.28. The molecule has 2 aromatic carbocycles. The van der Waals surface area contributed by atoms with Gasteiger partial charge in [0, 0.05) is 0 Å². The van der Waals surface area contributed by atoms with Crippen LogP contribution in [0.25, 0.3) is 6.08 Å². The summed E-state index contributed by atoms with van der Waals surface area (Å²) in [6.45, 7) is 6.75. The smallest absolute Gasteiger partial charge is 0.000711 e. The van der Waals surface area contributed by atoms with Crippen LogP contribution in [0, 0.1) is 0 Å². The van der Waals surface area contributed by atoms with Gasteiger partial charge in [-0.25, -0.2) is 0 Å². The highest BCUT2D eigenvalue weighted by Crippen LogP contribution is 2.21. The molecule has 2 aromatic rings. The third-order valence-electron chi connectivity index (χ3n) is 4.02. The highest BCUT2D eigenvalue weighted by Gasteiger charge is 2.02. The molecule has 2 rings (SSSR count). The van der Waals surface area contributed by atoms with Crippen molar-refractivity contribution >= 4 is 6.08 Å². The van der Waals surface area contributed by atoms with E-state index in [0.717, 1.165) is 0 Å². The number of rotatable bonds is 5. The molecule has 0 aliphatic heterocycles. The largest absolute Gasteiger partial charge is 0.0767 e. The second-order valence-electron chi connectivity index (χ2n) is 5.53. The summed E-state index contributed by atoms with van der Waals surface area (Å²) in [5, 5.41) is 0. The van der Waals surface area contributed by atoms with Gasteiger partial charge in [0.15, 0.2) is 0 Å². The predicted molar refractivity (Wildman–Crippen MR) is 89.0 cm³/mol. The minimum atomic E-state index is 0.449. The Morgan fingerprint density at radius 2 is 1.50 bits per heavy atom. The van der Waals surface area contributed by atoms with E-state index in [0.29, 0.717) is 11.8 Å². The van der Waals surface area contributed by atoms with Gasteiger partial charge in [0.05, 0.1) is 0 Å². The number of allylic oxidation sites excluding steroid dienone is 1. The Morgan fingerprint density at radius 3 is 2.10 bits per heavy atom. The molecule has 0 radical (unpaired) electrons. The average Bonchev–Trinajstić information content (AvgIpc) is 2.53. The fraction of sp³-hybridized carbons (Fsp3) is 0.300. The molecule has 0 bridgehead atoms. The van der Waals surface area contributed by atoms with E-state index in [1.54, 1.807) is 0 Å². The van der Waals surface area contributed by atoms with Gasteiger partial charge in [0.1, 0.15) is 0 Å². The van der Waals surface area contributed by atoms with Crippen LogP contribution in [-0.2, 0) is 0 Å². The van der Waals surface area contributed by atoms with E-state index in [-0.39, 0.29) is 0 Å². The molecular formula is C20H24. The Morgan fingerprint density at radius 1 is 0.850 bits per heavy atom. The molecule has 0 amide bonds. The van der Waals surface area contributed by atoms with Crippen molar-refractivity contribution in [2.75, 3.05) is 0 Å². The molecule has 2 atom stereocenters. The van der Waals surface area contributed by atoms with E-state index in [9.17, 15) is 0 Å². The third-order valence-corrected chi connectivity index (χ3v) is 4.02. The SMILES string of the molecule is CCC(C)c1ccc(C=CC(C)c2ccccc2)cc1. The minimum absolute atomic E-state index is 0.449. The second kappa shape index (κ2) is 7.09. The van der Waals surface area contributed by atoms with E-state index >= 15 is 0 Å². The van der Waals surface area contributed by atoms with Gasteiger partial charge in [-0.15, -0.1) is 0 Å². The van der Waals surface area contributed by atoms with Gasteiger partial charge in [-0.05, 0) is 34.9 Å². The van der Waals surface area contributed by atoms with Crippen molar-refractivity contribution in [1.82, 2.24) is 0 Å². The van der Waals surface area contributed by atoms with Gasteiger partial charge in [-0.3, -0.25) is 0 Å². The fourth-order valence-corrected chi connectivity index (χ4v) is 2.29. The van der Waals surface area contributed by atoms with E-state index < -0.39 is 0 Å². The Bertz CT molecular complexity index is 534. The minimum Gasteiger partial charge on any atom is -0.0767 e. The second-order valence-corrected chi connectivity index (χ2v) is 5.53. The third kappa shape index (κ3) is 3.84. The maximum Gasteiger partial charge on any atom is -0.000711 e. The van der Waals surface area contributed by atoms with E-state index in [1.165, 1.54) is 23.1 Å². The Hall–Kier alpha value is -1.82. The van der Waals surface area contributed by atoms with Crippen LogP contribution in [0.4, 0.5) is 0 Å². The molecule has 0 fully saturated rings. The molecule has 0 nitrogen and oxygen atoms in total. The van der Waals surface area contributed by atoms with Crippen molar-refractivity contribution in [3.63, 3.8) is 0 Å². The first-order valence-corrected chi connectivity index (χ1v) is 7.53. The van der Waals surface area contributed by atoms with Gasteiger partial charge in [0.2, 0.25) is 0 Å². The van der Waals surface area contributed by atoms with Gasteiger partial charge < -0.3 is 0 Å². The summed E-state index contributed by atoms with van der Waals surface area (Å²) < 4.78 is 0. The molecule has 0 saturated heterocycles. The molecule has 0 aliphatic rings. The van der Waals surface area contributed by atoms with E-state index in [2.05, 4.69) is 87.5 Å². The van der Waals surface area contributed by atoms with Gasteiger partial charge in [-0.1, -0.05) is 87.5 Å². The molecule has 0 heteroatoms. The van der Waals surface area contributed by atoms with Crippen LogP contribution >= 0.6 is 0 Å². The normalized spacial score (nSPS) is 14.3. The maximum atomic E-state index is 2.28. The fourth-order valence-electron chi connectivity index (χ4n) is 2.29. The summed E-state index contributed by atoms with van der Waals surface area (Å²) >= 11 is 0. The Labute approximate surface area is 123 Å². The molecule has 0 aliphatic carbocycles. The van der Waals surface area contributed by atoms with Crippen LogP contribution in [0.15, 0.2) is 60.7 Å². The number of hydrogen-bond acceptors (Lipinski definition) is 0. The van der Waals surface area contributed by atoms with E-state index in [1.807, 2.05) is 0 Å². The summed E-state index contributed by atoms with van der Waals surface area (Å²) in [5.41, 5.74) is 4.07. The van der Waals surface area contributed by atoms with Crippen LogP contribution in [0.5, 0.6) is 0 Å².